The van der Waals surface area contributed by atoms with Crippen molar-refractivity contribution in [2.75, 3.05) is 10.7 Å². The van der Waals surface area contributed by atoms with Crippen molar-refractivity contribution in [3.63, 3.8) is 0 Å². The molecule has 0 unspecified atom stereocenters. The number of nitrogens with one attached hydrogen (secondary N) is 2. The zero-order chi connectivity index (χ0) is 13.0. The van der Waals surface area contributed by atoms with Gasteiger partial charge in [0, 0.05) is 18.3 Å². The molecule has 1 aromatic heterocycles. The van der Waals surface area contributed by atoms with Crippen LogP contribution in [0.3, 0.4) is 0 Å². The molecule has 5 nitrogen and oxygen atoms in total. The lowest BCUT2D eigenvalue weighted by atomic mass is 10.1. The zero-order valence-electron chi connectivity index (χ0n) is 10.6. The fourth-order valence-electron chi connectivity index (χ4n) is 1.58. The number of nitrogens with zero attached hydrogens (tertiary/aromatic N) is 2. The van der Waals surface area contributed by atoms with Crippen LogP contribution in [-0.2, 0) is 6.54 Å². The van der Waals surface area contributed by atoms with Crippen molar-refractivity contribution in [1.82, 2.24) is 9.97 Å². The fraction of sp³-hybridized carbons (Fsp3) is 0.231. The molecule has 0 aliphatic carbocycles. The van der Waals surface area contributed by atoms with E-state index in [4.69, 9.17) is 5.84 Å². The van der Waals surface area contributed by atoms with Crippen LogP contribution in [0, 0.1) is 13.8 Å². The summed E-state index contributed by atoms with van der Waals surface area (Å²) in [5.41, 5.74) is 5.89. The number of anilines is 2. The summed E-state index contributed by atoms with van der Waals surface area (Å²) in [4.78, 5) is 8.30. The summed E-state index contributed by atoms with van der Waals surface area (Å²) in [7, 11) is 0. The van der Waals surface area contributed by atoms with Crippen molar-refractivity contribution >= 4 is 11.8 Å². The highest BCUT2D eigenvalue weighted by atomic mass is 15.3. The number of nitrogens with two attached hydrogens (primary N) is 1. The number of benzene rings is 1. The predicted molar refractivity (Wildman–Crippen MR) is 73.1 cm³/mol. The lowest BCUT2D eigenvalue weighted by molar-refractivity contribution is 1.05. The number of hydrogen-bond acceptors (Lipinski definition) is 5. The molecule has 0 spiro atoms. The van der Waals surface area contributed by atoms with Crippen molar-refractivity contribution < 1.29 is 0 Å². The molecular formula is C13H17N5. The molecule has 2 rings (SSSR count). The standard InChI is InChI=1S/C13H17N5/c1-9-3-5-11(6-4-9)8-15-12-10(2)7-16-13(17-12)18-14/h3-7H,8,14H2,1-2H3,(H2,15,16,17,18). The Morgan fingerprint density at radius 3 is 2.56 bits per heavy atom. The molecular weight excluding hydrogens is 226 g/mol. The van der Waals surface area contributed by atoms with Crippen LogP contribution < -0.4 is 16.6 Å². The smallest absolute Gasteiger partial charge is 0.239 e. The Bertz CT molecular complexity index is 521. The molecule has 18 heavy (non-hydrogen) atoms. The number of hydrogen-bond donors (Lipinski definition) is 3. The third-order valence-electron chi connectivity index (χ3n) is 2.68. The minimum Gasteiger partial charge on any atom is -0.366 e. The lowest BCUT2D eigenvalue weighted by Crippen LogP contribution is -2.12. The van der Waals surface area contributed by atoms with E-state index < -0.39 is 0 Å². The van der Waals surface area contributed by atoms with Gasteiger partial charge in [-0.1, -0.05) is 29.8 Å². The van der Waals surface area contributed by atoms with E-state index in [0.717, 1.165) is 17.9 Å². The van der Waals surface area contributed by atoms with Crippen LogP contribution in [0.2, 0.25) is 0 Å². The van der Waals surface area contributed by atoms with Gasteiger partial charge in [-0.3, -0.25) is 5.43 Å². The van der Waals surface area contributed by atoms with Crippen LogP contribution in [0.15, 0.2) is 30.5 Å². The van der Waals surface area contributed by atoms with E-state index in [1.807, 2.05) is 6.92 Å². The molecule has 4 N–H and O–H groups in total. The van der Waals surface area contributed by atoms with Crippen molar-refractivity contribution in [1.29, 1.82) is 0 Å². The summed E-state index contributed by atoms with van der Waals surface area (Å²) < 4.78 is 0. The molecule has 0 aliphatic heterocycles. The van der Waals surface area contributed by atoms with Gasteiger partial charge in [-0.25, -0.2) is 10.8 Å². The molecule has 5 heteroatoms. The number of hydrazine groups is 1. The first-order valence-corrected chi connectivity index (χ1v) is 5.78. The fourth-order valence-corrected chi connectivity index (χ4v) is 1.58. The monoisotopic (exact) mass is 243 g/mol. The average molecular weight is 243 g/mol. The minimum atomic E-state index is 0.409. The number of rotatable bonds is 4. The second kappa shape index (κ2) is 5.46. The zero-order valence-corrected chi connectivity index (χ0v) is 10.6. The summed E-state index contributed by atoms with van der Waals surface area (Å²) in [6.45, 7) is 4.75. The Balaban J connectivity index is 2.07. The molecule has 1 heterocycles. The highest BCUT2D eigenvalue weighted by molar-refractivity contribution is 5.46. The van der Waals surface area contributed by atoms with Crippen molar-refractivity contribution in [2.45, 2.75) is 20.4 Å². The number of nitrogen functional groups attached to an aromatic ring is 1. The molecule has 0 bridgehead atoms. The van der Waals surface area contributed by atoms with Gasteiger partial charge in [0.25, 0.3) is 0 Å². The van der Waals surface area contributed by atoms with E-state index in [0.29, 0.717) is 5.95 Å². The Morgan fingerprint density at radius 1 is 1.17 bits per heavy atom. The van der Waals surface area contributed by atoms with Crippen LogP contribution in [0.4, 0.5) is 11.8 Å². The number of aromatic nitrogens is 2. The van der Waals surface area contributed by atoms with Crippen LogP contribution in [0.25, 0.3) is 0 Å². The van der Waals surface area contributed by atoms with Gasteiger partial charge >= 0.3 is 0 Å². The first-order valence-electron chi connectivity index (χ1n) is 5.78. The van der Waals surface area contributed by atoms with Crippen LogP contribution in [0.1, 0.15) is 16.7 Å². The predicted octanol–water partition coefficient (Wildman–Crippen LogP) is 1.99. The molecule has 0 atom stereocenters. The molecule has 0 saturated carbocycles. The van der Waals surface area contributed by atoms with Crippen molar-refractivity contribution in [3.05, 3.63) is 47.2 Å². The van der Waals surface area contributed by atoms with Crippen molar-refractivity contribution in [3.8, 4) is 0 Å². The van der Waals surface area contributed by atoms with E-state index in [1.54, 1.807) is 6.20 Å². The van der Waals surface area contributed by atoms with Crippen LogP contribution in [-0.4, -0.2) is 9.97 Å². The van der Waals surface area contributed by atoms with E-state index in [-0.39, 0.29) is 0 Å². The molecule has 0 saturated heterocycles. The van der Waals surface area contributed by atoms with Gasteiger partial charge in [0.05, 0.1) is 0 Å². The average Bonchev–Trinajstić information content (AvgIpc) is 2.40. The molecule has 0 amide bonds. The normalized spacial score (nSPS) is 10.2. The van der Waals surface area contributed by atoms with Gasteiger partial charge in [0.15, 0.2) is 0 Å². The highest BCUT2D eigenvalue weighted by Crippen LogP contribution is 2.13. The second-order valence-corrected chi connectivity index (χ2v) is 4.21. The Kier molecular flexibility index (Phi) is 3.74. The molecule has 0 aliphatic rings. The molecule has 0 radical (unpaired) electrons. The third-order valence-corrected chi connectivity index (χ3v) is 2.68. The van der Waals surface area contributed by atoms with Gasteiger partial charge in [0.1, 0.15) is 5.82 Å². The topological polar surface area (TPSA) is 75.9 Å². The Morgan fingerprint density at radius 2 is 1.89 bits per heavy atom. The minimum absolute atomic E-state index is 0.409. The van der Waals surface area contributed by atoms with Gasteiger partial charge in [0.2, 0.25) is 5.95 Å². The van der Waals surface area contributed by atoms with Gasteiger partial charge < -0.3 is 5.32 Å². The SMILES string of the molecule is Cc1ccc(CNc2nc(NN)ncc2C)cc1. The maximum Gasteiger partial charge on any atom is 0.239 e. The third kappa shape index (κ3) is 2.95. The quantitative estimate of drug-likeness (QED) is 0.565. The van der Waals surface area contributed by atoms with Crippen molar-refractivity contribution in [2.24, 2.45) is 5.84 Å². The molecule has 0 fully saturated rings. The summed E-state index contributed by atoms with van der Waals surface area (Å²) in [6, 6.07) is 8.38. The maximum absolute atomic E-state index is 5.29. The molecule has 94 valence electrons. The van der Waals surface area contributed by atoms with E-state index in [1.165, 1.54) is 11.1 Å². The summed E-state index contributed by atoms with van der Waals surface area (Å²) >= 11 is 0. The number of aryl methyl sites for hydroxylation is 2. The first-order chi connectivity index (χ1) is 8.69. The van der Waals surface area contributed by atoms with E-state index in [9.17, 15) is 0 Å². The Labute approximate surface area is 106 Å². The second-order valence-electron chi connectivity index (χ2n) is 4.21. The maximum atomic E-state index is 5.29. The van der Waals surface area contributed by atoms with Crippen LogP contribution >= 0.6 is 0 Å². The molecule has 1 aromatic carbocycles. The first kappa shape index (κ1) is 12.3. The summed E-state index contributed by atoms with van der Waals surface area (Å²) in [5.74, 6) is 6.49. The van der Waals surface area contributed by atoms with Crippen LogP contribution in [0.5, 0.6) is 0 Å². The Hall–Kier alpha value is -2.14. The summed E-state index contributed by atoms with van der Waals surface area (Å²) in [6.07, 6.45) is 1.74. The van der Waals surface area contributed by atoms with E-state index in [2.05, 4.69) is 51.9 Å². The molecule has 2 aromatic rings. The van der Waals surface area contributed by atoms with Gasteiger partial charge in [-0.05, 0) is 19.4 Å². The van der Waals surface area contributed by atoms with E-state index >= 15 is 0 Å². The summed E-state index contributed by atoms with van der Waals surface area (Å²) in [5, 5.41) is 3.28. The van der Waals surface area contributed by atoms with Gasteiger partial charge in [-0.2, -0.15) is 4.98 Å². The van der Waals surface area contributed by atoms with Gasteiger partial charge in [-0.15, -0.1) is 0 Å². The highest BCUT2D eigenvalue weighted by Gasteiger charge is 2.02. The lowest BCUT2D eigenvalue weighted by Gasteiger charge is -2.09. The largest absolute Gasteiger partial charge is 0.366 e.